The van der Waals surface area contributed by atoms with Gasteiger partial charge >= 0.3 is 0 Å². The molecule has 2 aromatic carbocycles. The second-order valence-electron chi connectivity index (χ2n) is 6.60. The number of hydrogen-bond acceptors (Lipinski definition) is 1. The monoisotopic (exact) mass is 317 g/mol. The van der Waals surface area contributed by atoms with E-state index < -0.39 is 0 Å². The maximum absolute atomic E-state index is 4.65. The van der Waals surface area contributed by atoms with E-state index in [1.807, 2.05) is 6.20 Å². The van der Waals surface area contributed by atoms with Gasteiger partial charge < -0.3 is 0 Å². The van der Waals surface area contributed by atoms with Crippen LogP contribution in [0.15, 0.2) is 60.8 Å². The molecule has 0 radical (unpaired) electrons. The van der Waals surface area contributed by atoms with Crippen molar-refractivity contribution in [2.24, 2.45) is 0 Å². The van der Waals surface area contributed by atoms with E-state index in [0.29, 0.717) is 0 Å². The van der Waals surface area contributed by atoms with Crippen LogP contribution in [0.25, 0.3) is 22.0 Å². The standard InChI is InChI=1S/C23H27N/c1-2-3-4-5-6-7-11-19-12-10-14-21(18-19)23-22-15-9-8-13-20(22)16-17-24-23/h8-10,12-18H,2-7,11H2,1H3. The molecule has 0 amide bonds. The van der Waals surface area contributed by atoms with E-state index in [2.05, 4.69) is 66.5 Å². The third kappa shape index (κ3) is 4.23. The molecule has 0 aliphatic carbocycles. The largest absolute Gasteiger partial charge is 0.256 e. The van der Waals surface area contributed by atoms with E-state index in [9.17, 15) is 0 Å². The topological polar surface area (TPSA) is 12.9 Å². The molecule has 0 fully saturated rings. The summed E-state index contributed by atoms with van der Waals surface area (Å²) in [7, 11) is 0. The summed E-state index contributed by atoms with van der Waals surface area (Å²) in [5.41, 5.74) is 3.76. The predicted molar refractivity (Wildman–Crippen MR) is 104 cm³/mol. The molecular formula is C23H27N. The number of nitrogens with zero attached hydrogens (tertiary/aromatic N) is 1. The van der Waals surface area contributed by atoms with Crippen molar-refractivity contribution in [2.45, 2.75) is 51.9 Å². The molecule has 1 nitrogen and oxygen atoms in total. The molecule has 0 spiro atoms. The van der Waals surface area contributed by atoms with Crippen LogP contribution >= 0.6 is 0 Å². The van der Waals surface area contributed by atoms with Gasteiger partial charge in [0.1, 0.15) is 0 Å². The third-order valence-corrected chi connectivity index (χ3v) is 4.69. The number of hydrogen-bond donors (Lipinski definition) is 0. The lowest BCUT2D eigenvalue weighted by atomic mass is 9.99. The van der Waals surface area contributed by atoms with Crippen LogP contribution in [0.2, 0.25) is 0 Å². The zero-order chi connectivity index (χ0) is 16.6. The highest BCUT2D eigenvalue weighted by Crippen LogP contribution is 2.27. The first kappa shape index (κ1) is 16.7. The average molecular weight is 317 g/mol. The van der Waals surface area contributed by atoms with Gasteiger partial charge in [-0.1, -0.05) is 81.5 Å². The van der Waals surface area contributed by atoms with Crippen molar-refractivity contribution in [1.29, 1.82) is 0 Å². The summed E-state index contributed by atoms with van der Waals surface area (Å²) in [6.45, 7) is 2.27. The number of rotatable bonds is 8. The predicted octanol–water partition coefficient (Wildman–Crippen LogP) is 6.80. The van der Waals surface area contributed by atoms with Crippen LogP contribution in [0, 0.1) is 0 Å². The van der Waals surface area contributed by atoms with Crippen molar-refractivity contribution >= 4 is 10.8 Å². The van der Waals surface area contributed by atoms with E-state index in [0.717, 1.165) is 5.69 Å². The first-order valence-corrected chi connectivity index (χ1v) is 9.31. The number of benzene rings is 2. The van der Waals surface area contributed by atoms with Crippen LogP contribution in [-0.4, -0.2) is 4.98 Å². The molecule has 124 valence electrons. The maximum Gasteiger partial charge on any atom is 0.0780 e. The van der Waals surface area contributed by atoms with E-state index in [1.54, 1.807) is 0 Å². The Morgan fingerprint density at radius 2 is 1.62 bits per heavy atom. The highest BCUT2D eigenvalue weighted by molar-refractivity contribution is 5.94. The van der Waals surface area contributed by atoms with Gasteiger partial charge in [0.15, 0.2) is 0 Å². The Labute approximate surface area is 145 Å². The van der Waals surface area contributed by atoms with Crippen molar-refractivity contribution in [3.63, 3.8) is 0 Å². The molecule has 3 aromatic rings. The van der Waals surface area contributed by atoms with E-state index in [1.165, 1.54) is 66.8 Å². The van der Waals surface area contributed by atoms with Gasteiger partial charge in [-0.05, 0) is 35.9 Å². The molecule has 3 rings (SSSR count). The maximum atomic E-state index is 4.65. The van der Waals surface area contributed by atoms with Gasteiger partial charge in [0, 0.05) is 17.1 Å². The van der Waals surface area contributed by atoms with Crippen molar-refractivity contribution < 1.29 is 0 Å². The molecule has 24 heavy (non-hydrogen) atoms. The average Bonchev–Trinajstić information content (AvgIpc) is 2.64. The van der Waals surface area contributed by atoms with Crippen molar-refractivity contribution in [1.82, 2.24) is 4.98 Å². The third-order valence-electron chi connectivity index (χ3n) is 4.69. The molecule has 0 aliphatic rings. The Bertz CT molecular complexity index is 770. The molecule has 1 aromatic heterocycles. The molecule has 0 aliphatic heterocycles. The number of pyridine rings is 1. The van der Waals surface area contributed by atoms with Crippen LogP contribution in [-0.2, 0) is 6.42 Å². The summed E-state index contributed by atoms with van der Waals surface area (Å²) < 4.78 is 0. The summed E-state index contributed by atoms with van der Waals surface area (Å²) in [4.78, 5) is 4.65. The van der Waals surface area contributed by atoms with Crippen molar-refractivity contribution in [2.75, 3.05) is 0 Å². The van der Waals surface area contributed by atoms with Crippen LogP contribution in [0.5, 0.6) is 0 Å². The summed E-state index contributed by atoms with van der Waals surface area (Å²) in [6.07, 6.45) is 11.2. The highest BCUT2D eigenvalue weighted by Gasteiger charge is 2.05. The van der Waals surface area contributed by atoms with Gasteiger partial charge in [-0.25, -0.2) is 0 Å². The zero-order valence-electron chi connectivity index (χ0n) is 14.7. The first-order chi connectivity index (χ1) is 11.9. The first-order valence-electron chi connectivity index (χ1n) is 9.31. The lowest BCUT2D eigenvalue weighted by Crippen LogP contribution is -1.90. The second kappa shape index (κ2) is 8.63. The zero-order valence-corrected chi connectivity index (χ0v) is 14.7. The SMILES string of the molecule is CCCCCCCCc1cccc(-c2nccc3ccccc23)c1. The lowest BCUT2D eigenvalue weighted by molar-refractivity contribution is 0.607. The molecule has 0 N–H and O–H groups in total. The fourth-order valence-corrected chi connectivity index (χ4v) is 3.33. The Hall–Kier alpha value is -2.15. The summed E-state index contributed by atoms with van der Waals surface area (Å²) in [6, 6.07) is 19.5. The van der Waals surface area contributed by atoms with Gasteiger partial charge in [0.25, 0.3) is 0 Å². The fourth-order valence-electron chi connectivity index (χ4n) is 3.33. The summed E-state index contributed by atoms with van der Waals surface area (Å²) >= 11 is 0. The molecular weight excluding hydrogens is 290 g/mol. The van der Waals surface area contributed by atoms with Crippen molar-refractivity contribution in [3.8, 4) is 11.3 Å². The minimum absolute atomic E-state index is 1.10. The summed E-state index contributed by atoms with van der Waals surface area (Å²) in [5, 5.41) is 2.49. The Morgan fingerprint density at radius 1 is 0.792 bits per heavy atom. The minimum Gasteiger partial charge on any atom is -0.256 e. The number of unbranched alkanes of at least 4 members (excludes halogenated alkanes) is 5. The second-order valence-corrected chi connectivity index (χ2v) is 6.60. The molecule has 0 bridgehead atoms. The number of aromatic nitrogens is 1. The Balaban J connectivity index is 1.71. The smallest absolute Gasteiger partial charge is 0.0780 e. The number of fused-ring (bicyclic) bond motifs is 1. The van der Waals surface area contributed by atoms with Gasteiger partial charge in [0.05, 0.1) is 5.69 Å². The normalized spacial score (nSPS) is 11.0. The lowest BCUT2D eigenvalue weighted by Gasteiger charge is -2.08. The highest BCUT2D eigenvalue weighted by atomic mass is 14.7. The van der Waals surface area contributed by atoms with Gasteiger partial charge in [0.2, 0.25) is 0 Å². The summed E-state index contributed by atoms with van der Waals surface area (Å²) in [5.74, 6) is 0. The molecule has 0 saturated carbocycles. The molecule has 1 heterocycles. The number of aryl methyl sites for hydroxylation is 1. The van der Waals surface area contributed by atoms with Gasteiger partial charge in [-0.15, -0.1) is 0 Å². The van der Waals surface area contributed by atoms with Crippen LogP contribution in [0.3, 0.4) is 0 Å². The molecule has 0 saturated heterocycles. The van der Waals surface area contributed by atoms with Gasteiger partial charge in [-0.2, -0.15) is 0 Å². The van der Waals surface area contributed by atoms with Crippen LogP contribution in [0.4, 0.5) is 0 Å². The molecule has 1 heteroatoms. The van der Waals surface area contributed by atoms with Crippen LogP contribution in [0.1, 0.15) is 51.0 Å². The van der Waals surface area contributed by atoms with E-state index in [-0.39, 0.29) is 0 Å². The van der Waals surface area contributed by atoms with Crippen LogP contribution < -0.4 is 0 Å². The molecule has 0 unspecified atom stereocenters. The fraction of sp³-hybridized carbons (Fsp3) is 0.348. The minimum atomic E-state index is 1.10. The van der Waals surface area contributed by atoms with E-state index >= 15 is 0 Å². The van der Waals surface area contributed by atoms with E-state index in [4.69, 9.17) is 0 Å². The Kier molecular flexibility index (Phi) is 6.01. The van der Waals surface area contributed by atoms with Crippen molar-refractivity contribution in [3.05, 3.63) is 66.4 Å². The Morgan fingerprint density at radius 3 is 2.54 bits per heavy atom. The quantitative estimate of drug-likeness (QED) is 0.416. The molecule has 0 atom stereocenters. The van der Waals surface area contributed by atoms with Gasteiger partial charge in [-0.3, -0.25) is 4.98 Å².